The molecular formula is C14H13BO3. The summed E-state index contributed by atoms with van der Waals surface area (Å²) in [5.74, 6) is -0.624. The van der Waals surface area contributed by atoms with Crippen LogP contribution in [-0.4, -0.2) is 26.2 Å². The molecule has 0 N–H and O–H groups in total. The smallest absolute Gasteiger partial charge is 0.303 e. The molecule has 0 aliphatic heterocycles. The maximum absolute atomic E-state index is 12.0. The molecule has 2 aromatic rings. The molecule has 90 valence electrons. The molecule has 0 radical (unpaired) electrons. The summed E-state index contributed by atoms with van der Waals surface area (Å²) in [6.07, 6.45) is 0. The van der Waals surface area contributed by atoms with E-state index in [2.05, 4.69) is 0 Å². The summed E-state index contributed by atoms with van der Waals surface area (Å²) in [5, 5.41) is 1.91. The summed E-state index contributed by atoms with van der Waals surface area (Å²) in [6.45, 7) is 1.09. The van der Waals surface area contributed by atoms with E-state index in [-0.39, 0.29) is 12.4 Å². The van der Waals surface area contributed by atoms with E-state index in [1.165, 1.54) is 6.92 Å². The van der Waals surface area contributed by atoms with Crippen molar-refractivity contribution >= 4 is 35.8 Å². The number of carbonyl (C=O) groups excluding carboxylic acids is 2. The summed E-state index contributed by atoms with van der Waals surface area (Å²) in [4.78, 5) is 22.7. The Kier molecular flexibility index (Phi) is 3.46. The molecule has 0 saturated heterocycles. The third kappa shape index (κ3) is 2.59. The Hall–Kier alpha value is -2.10. The summed E-state index contributed by atoms with van der Waals surface area (Å²) in [7, 11) is 1.98. The molecular weight excluding hydrogens is 227 g/mol. The number of hydrogen-bond acceptors (Lipinski definition) is 3. The number of rotatable bonds is 3. The predicted octanol–water partition coefficient (Wildman–Crippen LogP) is 0.844. The summed E-state index contributed by atoms with van der Waals surface area (Å²) in [6, 6.07) is 11.5. The van der Waals surface area contributed by atoms with Crippen LogP contribution >= 0.6 is 0 Å². The fraction of sp³-hybridized carbons (Fsp3) is 0.143. The lowest BCUT2D eigenvalue weighted by atomic mass is 9.91. The zero-order valence-electron chi connectivity index (χ0n) is 10.4. The molecule has 0 unspecified atom stereocenters. The summed E-state index contributed by atoms with van der Waals surface area (Å²) in [5.41, 5.74) is 1.69. The largest absolute Gasteiger partial charge is 0.457 e. The lowest BCUT2D eigenvalue weighted by Gasteiger charge is -2.07. The molecule has 0 spiro atoms. The fourth-order valence-corrected chi connectivity index (χ4v) is 1.87. The van der Waals surface area contributed by atoms with Crippen molar-refractivity contribution in [2.45, 2.75) is 6.92 Å². The van der Waals surface area contributed by atoms with Crippen molar-refractivity contribution in [2.24, 2.45) is 0 Å². The van der Waals surface area contributed by atoms with Crippen LogP contribution in [0.4, 0.5) is 0 Å². The number of carbonyl (C=O) groups is 2. The Morgan fingerprint density at radius 2 is 2.00 bits per heavy atom. The summed E-state index contributed by atoms with van der Waals surface area (Å²) >= 11 is 0. The molecule has 0 amide bonds. The van der Waals surface area contributed by atoms with E-state index < -0.39 is 5.97 Å². The number of fused-ring (bicyclic) bond motifs is 1. The number of ether oxygens (including phenoxy) is 1. The van der Waals surface area contributed by atoms with Crippen LogP contribution in [-0.2, 0) is 9.53 Å². The molecule has 0 bridgehead atoms. The molecule has 2 aromatic carbocycles. The van der Waals surface area contributed by atoms with Gasteiger partial charge in [0.1, 0.15) is 7.85 Å². The lowest BCUT2D eigenvalue weighted by molar-refractivity contribution is -0.139. The van der Waals surface area contributed by atoms with Gasteiger partial charge in [0.25, 0.3) is 0 Å². The van der Waals surface area contributed by atoms with E-state index in [0.717, 1.165) is 16.2 Å². The molecule has 0 heterocycles. The third-order valence-electron chi connectivity index (χ3n) is 2.74. The lowest BCUT2D eigenvalue weighted by Crippen LogP contribution is -2.13. The standard InChI is InChI=1S/C14H13BO3/c1-9(16)18-8-14(17)12-4-2-3-10-5-6-11(15)7-13(10)12/h2-7H,8,15H2,1H3. The Balaban J connectivity index is 2.40. The minimum Gasteiger partial charge on any atom is -0.457 e. The number of Topliss-reactive ketones (excluding diaryl/α,β-unsaturated/α-hetero) is 1. The zero-order valence-corrected chi connectivity index (χ0v) is 10.4. The molecule has 0 fully saturated rings. The maximum Gasteiger partial charge on any atom is 0.303 e. The van der Waals surface area contributed by atoms with Gasteiger partial charge in [-0.25, -0.2) is 0 Å². The Bertz CT molecular complexity index is 619. The van der Waals surface area contributed by atoms with E-state index in [0.29, 0.717) is 5.56 Å². The number of benzene rings is 2. The first kappa shape index (κ1) is 12.4. The van der Waals surface area contributed by atoms with Crippen molar-refractivity contribution in [1.82, 2.24) is 0 Å². The first-order valence-electron chi connectivity index (χ1n) is 5.74. The van der Waals surface area contributed by atoms with Crippen LogP contribution < -0.4 is 5.46 Å². The van der Waals surface area contributed by atoms with Crippen LogP contribution in [0.2, 0.25) is 0 Å². The van der Waals surface area contributed by atoms with Gasteiger partial charge in [-0.3, -0.25) is 9.59 Å². The predicted molar refractivity (Wildman–Crippen MR) is 73.1 cm³/mol. The average Bonchev–Trinajstić information content (AvgIpc) is 2.35. The molecule has 0 atom stereocenters. The second kappa shape index (κ2) is 5.04. The van der Waals surface area contributed by atoms with Crippen molar-refractivity contribution in [2.75, 3.05) is 6.61 Å². The van der Waals surface area contributed by atoms with Crippen LogP contribution in [0.15, 0.2) is 36.4 Å². The van der Waals surface area contributed by atoms with Gasteiger partial charge in [0, 0.05) is 12.5 Å². The normalized spacial score (nSPS) is 10.3. The van der Waals surface area contributed by atoms with Crippen LogP contribution in [0.5, 0.6) is 0 Å². The van der Waals surface area contributed by atoms with Crippen LogP contribution in [0.3, 0.4) is 0 Å². The monoisotopic (exact) mass is 240 g/mol. The number of esters is 1. The van der Waals surface area contributed by atoms with Gasteiger partial charge in [-0.15, -0.1) is 0 Å². The van der Waals surface area contributed by atoms with Crippen molar-refractivity contribution in [3.63, 3.8) is 0 Å². The van der Waals surface area contributed by atoms with Crippen molar-refractivity contribution in [1.29, 1.82) is 0 Å². The molecule has 3 nitrogen and oxygen atoms in total. The number of hydrogen-bond donors (Lipinski definition) is 0. The van der Waals surface area contributed by atoms with Crippen LogP contribution in [0.25, 0.3) is 10.8 Å². The quantitative estimate of drug-likeness (QED) is 0.453. The van der Waals surface area contributed by atoms with Crippen LogP contribution in [0.1, 0.15) is 17.3 Å². The highest BCUT2D eigenvalue weighted by Gasteiger charge is 2.11. The van der Waals surface area contributed by atoms with Crippen molar-refractivity contribution in [3.8, 4) is 0 Å². The van der Waals surface area contributed by atoms with E-state index in [1.807, 2.05) is 38.2 Å². The van der Waals surface area contributed by atoms with Gasteiger partial charge in [-0.05, 0) is 10.8 Å². The van der Waals surface area contributed by atoms with Crippen LogP contribution in [0, 0.1) is 0 Å². The van der Waals surface area contributed by atoms with Crippen molar-refractivity contribution in [3.05, 3.63) is 42.0 Å². The topological polar surface area (TPSA) is 43.4 Å². The van der Waals surface area contributed by atoms with Gasteiger partial charge in [0.2, 0.25) is 5.78 Å². The fourth-order valence-electron chi connectivity index (χ4n) is 1.87. The van der Waals surface area contributed by atoms with Gasteiger partial charge in [0.15, 0.2) is 6.61 Å². The molecule has 4 heteroatoms. The maximum atomic E-state index is 12.0. The average molecular weight is 240 g/mol. The highest BCUT2D eigenvalue weighted by Crippen LogP contribution is 2.18. The first-order chi connectivity index (χ1) is 8.58. The Morgan fingerprint density at radius 1 is 1.22 bits per heavy atom. The summed E-state index contributed by atoms with van der Waals surface area (Å²) < 4.78 is 4.75. The molecule has 0 aliphatic rings. The Labute approximate surface area is 106 Å². The third-order valence-corrected chi connectivity index (χ3v) is 2.74. The van der Waals surface area contributed by atoms with Crippen molar-refractivity contribution < 1.29 is 14.3 Å². The van der Waals surface area contributed by atoms with Gasteiger partial charge < -0.3 is 4.74 Å². The van der Waals surface area contributed by atoms with E-state index in [9.17, 15) is 9.59 Å². The SMILES string of the molecule is Bc1ccc2cccc(C(=O)COC(C)=O)c2c1. The van der Waals surface area contributed by atoms with Gasteiger partial charge in [0.05, 0.1) is 0 Å². The van der Waals surface area contributed by atoms with Gasteiger partial charge >= 0.3 is 5.97 Å². The highest BCUT2D eigenvalue weighted by molar-refractivity contribution is 6.33. The molecule has 2 rings (SSSR count). The minimum absolute atomic E-state index is 0.179. The minimum atomic E-state index is -0.445. The second-order valence-electron chi connectivity index (χ2n) is 4.23. The highest BCUT2D eigenvalue weighted by atomic mass is 16.5. The van der Waals surface area contributed by atoms with E-state index in [4.69, 9.17) is 4.74 Å². The molecule has 0 saturated carbocycles. The Morgan fingerprint density at radius 3 is 2.72 bits per heavy atom. The van der Waals surface area contributed by atoms with E-state index >= 15 is 0 Å². The molecule has 18 heavy (non-hydrogen) atoms. The zero-order chi connectivity index (χ0) is 13.1. The molecule has 0 aromatic heterocycles. The second-order valence-corrected chi connectivity index (χ2v) is 4.23. The molecule has 0 aliphatic carbocycles. The van der Waals surface area contributed by atoms with Gasteiger partial charge in [-0.1, -0.05) is 41.9 Å². The first-order valence-corrected chi connectivity index (χ1v) is 5.74. The van der Waals surface area contributed by atoms with E-state index in [1.54, 1.807) is 6.07 Å². The number of ketones is 1. The van der Waals surface area contributed by atoms with Gasteiger partial charge in [-0.2, -0.15) is 0 Å².